The Morgan fingerprint density at radius 3 is 3.00 bits per heavy atom. The number of nitrogens with zero attached hydrogens (tertiary/aromatic N) is 1. The van der Waals surface area contributed by atoms with Gasteiger partial charge in [-0.3, -0.25) is 0 Å². The molecule has 0 saturated carbocycles. The van der Waals surface area contributed by atoms with Crippen LogP contribution in [0.4, 0.5) is 5.69 Å². The molecule has 3 aromatic rings. The Hall–Kier alpha value is -1.46. The summed E-state index contributed by atoms with van der Waals surface area (Å²) in [4.78, 5) is 4.54. The van der Waals surface area contributed by atoms with Crippen LogP contribution < -0.4 is 5.32 Å². The molecule has 3 rings (SSSR count). The van der Waals surface area contributed by atoms with Crippen LogP contribution in [-0.4, -0.2) is 11.2 Å². The molecule has 2 aromatic heterocycles. The van der Waals surface area contributed by atoms with Crippen molar-refractivity contribution in [3.8, 4) is 0 Å². The number of anilines is 1. The number of furan rings is 1. The van der Waals surface area contributed by atoms with E-state index < -0.39 is 0 Å². The van der Waals surface area contributed by atoms with E-state index in [0.29, 0.717) is 0 Å². The molecule has 1 N–H and O–H groups in total. The monoisotopic (exact) mass is 290 g/mol. The topological polar surface area (TPSA) is 38.1 Å². The average molecular weight is 290 g/mol. The second-order valence-electron chi connectivity index (χ2n) is 4.25. The zero-order valence-corrected chi connectivity index (χ0v) is 12.3. The summed E-state index contributed by atoms with van der Waals surface area (Å²) in [5, 5.41) is 3.44. The second kappa shape index (κ2) is 5.27. The number of thiazole rings is 1. The maximum absolute atomic E-state index is 5.40. The number of hydrogen-bond acceptors (Lipinski definition) is 5. The zero-order valence-electron chi connectivity index (χ0n) is 10.7. The number of benzene rings is 1. The van der Waals surface area contributed by atoms with Crippen molar-refractivity contribution in [1.82, 2.24) is 4.98 Å². The van der Waals surface area contributed by atoms with Crippen LogP contribution in [0.25, 0.3) is 10.2 Å². The van der Waals surface area contributed by atoms with E-state index in [4.69, 9.17) is 4.42 Å². The van der Waals surface area contributed by atoms with Crippen molar-refractivity contribution < 1.29 is 4.42 Å². The van der Waals surface area contributed by atoms with E-state index in [1.807, 2.05) is 12.1 Å². The van der Waals surface area contributed by atoms with E-state index in [1.165, 1.54) is 4.70 Å². The minimum Gasteiger partial charge on any atom is -0.467 e. The summed E-state index contributed by atoms with van der Waals surface area (Å²) in [6, 6.07) is 10.3. The van der Waals surface area contributed by atoms with Crippen LogP contribution in [0.3, 0.4) is 0 Å². The van der Waals surface area contributed by atoms with Crippen LogP contribution in [0.1, 0.15) is 18.7 Å². The molecule has 1 atom stereocenters. The lowest BCUT2D eigenvalue weighted by Crippen LogP contribution is -2.05. The number of rotatable bonds is 4. The van der Waals surface area contributed by atoms with Gasteiger partial charge in [0.1, 0.15) is 5.76 Å². The number of fused-ring (bicyclic) bond motifs is 1. The van der Waals surface area contributed by atoms with Crippen LogP contribution >= 0.6 is 23.1 Å². The Balaban J connectivity index is 1.85. The van der Waals surface area contributed by atoms with Crippen molar-refractivity contribution in [2.45, 2.75) is 17.3 Å². The maximum Gasteiger partial charge on any atom is 0.150 e. The standard InChI is InChI=1S/C14H14N2OS2/c1-9(12-4-3-7-17-12)15-10-5-6-11-13(8-10)19-14(16-11)18-2/h3-9,15H,1-2H3. The van der Waals surface area contributed by atoms with Gasteiger partial charge < -0.3 is 9.73 Å². The molecule has 0 radical (unpaired) electrons. The summed E-state index contributed by atoms with van der Waals surface area (Å²) in [5.74, 6) is 0.939. The number of nitrogens with one attached hydrogen (secondary N) is 1. The first kappa shape index (κ1) is 12.6. The molecule has 0 fully saturated rings. The molecule has 98 valence electrons. The number of thioether (sulfide) groups is 1. The molecule has 0 aliphatic carbocycles. The molecular formula is C14H14N2OS2. The third kappa shape index (κ3) is 2.62. The fraction of sp³-hybridized carbons (Fsp3) is 0.214. The summed E-state index contributed by atoms with van der Waals surface area (Å²) in [7, 11) is 0. The van der Waals surface area contributed by atoms with Gasteiger partial charge in [-0.15, -0.1) is 11.3 Å². The Morgan fingerprint density at radius 2 is 2.26 bits per heavy atom. The molecule has 0 amide bonds. The molecule has 19 heavy (non-hydrogen) atoms. The normalized spacial score (nSPS) is 12.7. The third-order valence-corrected chi connectivity index (χ3v) is 4.90. The summed E-state index contributed by atoms with van der Waals surface area (Å²) >= 11 is 3.41. The van der Waals surface area contributed by atoms with Crippen LogP contribution in [0.5, 0.6) is 0 Å². The van der Waals surface area contributed by atoms with Crippen LogP contribution in [0.15, 0.2) is 45.4 Å². The third-order valence-electron chi connectivity index (χ3n) is 2.90. The van der Waals surface area contributed by atoms with Crippen molar-refractivity contribution in [2.75, 3.05) is 11.6 Å². The van der Waals surface area contributed by atoms with Gasteiger partial charge >= 0.3 is 0 Å². The highest BCUT2D eigenvalue weighted by Crippen LogP contribution is 2.31. The second-order valence-corrected chi connectivity index (χ2v) is 6.33. The molecule has 0 spiro atoms. The van der Waals surface area contributed by atoms with Gasteiger partial charge in [-0.1, -0.05) is 11.8 Å². The van der Waals surface area contributed by atoms with Crippen LogP contribution in [0.2, 0.25) is 0 Å². The molecule has 0 bridgehead atoms. The highest BCUT2D eigenvalue weighted by Gasteiger charge is 2.09. The van der Waals surface area contributed by atoms with Gasteiger partial charge in [-0.25, -0.2) is 4.98 Å². The molecule has 3 nitrogen and oxygen atoms in total. The van der Waals surface area contributed by atoms with E-state index in [-0.39, 0.29) is 6.04 Å². The van der Waals surface area contributed by atoms with Crippen LogP contribution in [0, 0.1) is 0 Å². The first-order chi connectivity index (χ1) is 9.26. The van der Waals surface area contributed by atoms with Gasteiger partial charge in [0.25, 0.3) is 0 Å². The molecule has 0 aliphatic rings. The SMILES string of the molecule is CSc1nc2ccc(NC(C)c3ccco3)cc2s1. The molecule has 1 aromatic carbocycles. The van der Waals surface area contributed by atoms with Crippen LogP contribution in [-0.2, 0) is 0 Å². The Morgan fingerprint density at radius 1 is 1.37 bits per heavy atom. The summed E-state index contributed by atoms with van der Waals surface area (Å²) < 4.78 is 7.71. The van der Waals surface area contributed by atoms with E-state index in [0.717, 1.165) is 21.3 Å². The molecule has 2 heterocycles. The molecular weight excluding hydrogens is 276 g/mol. The largest absolute Gasteiger partial charge is 0.467 e. The van der Waals surface area contributed by atoms with E-state index in [1.54, 1.807) is 29.4 Å². The lowest BCUT2D eigenvalue weighted by Gasteiger charge is -2.12. The highest BCUT2D eigenvalue weighted by atomic mass is 32.2. The highest BCUT2D eigenvalue weighted by molar-refractivity contribution is 8.00. The Labute approximate surface area is 120 Å². The van der Waals surface area contributed by atoms with E-state index >= 15 is 0 Å². The Bertz CT molecular complexity index is 676. The van der Waals surface area contributed by atoms with Crippen molar-refractivity contribution in [3.63, 3.8) is 0 Å². The molecule has 1 unspecified atom stereocenters. The number of hydrogen-bond donors (Lipinski definition) is 1. The molecule has 0 aliphatic heterocycles. The predicted octanol–water partition coefficient (Wildman–Crippen LogP) is 4.78. The first-order valence-electron chi connectivity index (χ1n) is 6.01. The van der Waals surface area contributed by atoms with Crippen molar-refractivity contribution >= 4 is 39.0 Å². The van der Waals surface area contributed by atoms with Gasteiger partial charge in [0.05, 0.1) is 22.5 Å². The number of aromatic nitrogens is 1. The van der Waals surface area contributed by atoms with Crippen molar-refractivity contribution in [2.24, 2.45) is 0 Å². The van der Waals surface area contributed by atoms with Gasteiger partial charge in [0.15, 0.2) is 4.34 Å². The van der Waals surface area contributed by atoms with E-state index in [9.17, 15) is 0 Å². The average Bonchev–Trinajstić information content (AvgIpc) is 3.07. The minimum absolute atomic E-state index is 0.153. The van der Waals surface area contributed by atoms with Gasteiger partial charge in [-0.05, 0) is 43.5 Å². The quantitative estimate of drug-likeness (QED) is 0.701. The lowest BCUT2D eigenvalue weighted by molar-refractivity contribution is 0.490. The van der Waals surface area contributed by atoms with Gasteiger partial charge in [0, 0.05) is 5.69 Å². The lowest BCUT2D eigenvalue weighted by atomic mass is 10.2. The minimum atomic E-state index is 0.153. The fourth-order valence-electron chi connectivity index (χ4n) is 1.94. The summed E-state index contributed by atoms with van der Waals surface area (Å²) in [5.41, 5.74) is 2.15. The van der Waals surface area contributed by atoms with Crippen molar-refractivity contribution in [1.29, 1.82) is 0 Å². The Kier molecular flexibility index (Phi) is 3.48. The van der Waals surface area contributed by atoms with Gasteiger partial charge in [0.2, 0.25) is 0 Å². The molecule has 0 saturated heterocycles. The van der Waals surface area contributed by atoms with E-state index in [2.05, 4.69) is 41.7 Å². The summed E-state index contributed by atoms with van der Waals surface area (Å²) in [6.45, 7) is 2.09. The fourth-order valence-corrected chi connectivity index (χ4v) is 3.47. The van der Waals surface area contributed by atoms with Crippen molar-refractivity contribution in [3.05, 3.63) is 42.4 Å². The smallest absolute Gasteiger partial charge is 0.150 e. The van der Waals surface area contributed by atoms with Gasteiger partial charge in [-0.2, -0.15) is 0 Å². The zero-order chi connectivity index (χ0) is 13.2. The molecule has 5 heteroatoms. The predicted molar refractivity (Wildman–Crippen MR) is 82.1 cm³/mol. The maximum atomic E-state index is 5.40. The summed E-state index contributed by atoms with van der Waals surface area (Å²) in [6.07, 6.45) is 3.75. The first-order valence-corrected chi connectivity index (χ1v) is 8.05.